The van der Waals surface area contributed by atoms with Crippen LogP contribution in [0.15, 0.2) is 108 Å². The van der Waals surface area contributed by atoms with Crippen molar-refractivity contribution in [2.75, 3.05) is 24.9 Å². The van der Waals surface area contributed by atoms with Crippen LogP contribution in [0.4, 0.5) is 11.4 Å². The highest BCUT2D eigenvalue weighted by Gasteiger charge is 2.18. The molecule has 0 aliphatic heterocycles. The maximum atomic E-state index is 13.4. The fourth-order valence-corrected chi connectivity index (χ4v) is 5.11. The highest BCUT2D eigenvalue weighted by molar-refractivity contribution is 14.1. The van der Waals surface area contributed by atoms with Crippen molar-refractivity contribution in [3.8, 4) is 11.5 Å². The zero-order valence-corrected chi connectivity index (χ0v) is 26.7. The van der Waals surface area contributed by atoms with Gasteiger partial charge in [0.2, 0.25) is 5.91 Å². The number of anilines is 2. The molecule has 10 heteroatoms. The molecule has 0 bridgehead atoms. The van der Waals surface area contributed by atoms with Gasteiger partial charge in [0, 0.05) is 37.0 Å². The number of halogens is 1. The summed E-state index contributed by atoms with van der Waals surface area (Å²) in [4.78, 5) is 39.9. The Morgan fingerprint density at radius 3 is 2.12 bits per heavy atom. The zero-order valence-electron chi connectivity index (χ0n) is 23.7. The molecule has 8 nitrogen and oxygen atoms in total. The van der Waals surface area contributed by atoms with Crippen LogP contribution >= 0.6 is 34.4 Å². The van der Waals surface area contributed by atoms with Gasteiger partial charge in [0.1, 0.15) is 17.2 Å². The minimum atomic E-state index is -0.521. The number of amides is 3. The molecule has 0 saturated heterocycles. The largest absolute Gasteiger partial charge is 0.497 e. The number of rotatable bonds is 11. The van der Waals surface area contributed by atoms with Crippen LogP contribution < -0.4 is 25.4 Å². The molecular weight excluding hydrogens is 677 g/mol. The van der Waals surface area contributed by atoms with E-state index in [1.165, 1.54) is 18.9 Å². The van der Waals surface area contributed by atoms with E-state index >= 15 is 0 Å². The van der Waals surface area contributed by atoms with Gasteiger partial charge < -0.3 is 25.4 Å². The van der Waals surface area contributed by atoms with Crippen LogP contribution in [0, 0.1) is 3.57 Å². The lowest BCUT2D eigenvalue weighted by atomic mass is 10.1. The van der Waals surface area contributed by atoms with Crippen LogP contribution in [0.3, 0.4) is 0 Å². The smallest absolute Gasteiger partial charge is 0.272 e. The number of thioether (sulfide) groups is 1. The third-order valence-corrected chi connectivity index (χ3v) is 8.01. The summed E-state index contributed by atoms with van der Waals surface area (Å²) in [5.74, 6) is 0.00105. The van der Waals surface area contributed by atoms with E-state index in [0.717, 1.165) is 14.2 Å². The van der Waals surface area contributed by atoms with Gasteiger partial charge in [0.05, 0.1) is 19.5 Å². The van der Waals surface area contributed by atoms with E-state index in [1.54, 1.807) is 73.8 Å². The average molecular weight is 708 g/mol. The van der Waals surface area contributed by atoms with Crippen LogP contribution in [-0.2, 0) is 9.59 Å². The van der Waals surface area contributed by atoms with Gasteiger partial charge in [-0.1, -0.05) is 18.2 Å². The first-order valence-corrected chi connectivity index (χ1v) is 15.2. The van der Waals surface area contributed by atoms with Crippen molar-refractivity contribution in [2.24, 2.45) is 0 Å². The number of hydrogen-bond acceptors (Lipinski definition) is 6. The number of ether oxygens (including phenoxy) is 2. The van der Waals surface area contributed by atoms with E-state index in [-0.39, 0.29) is 16.9 Å². The lowest BCUT2D eigenvalue weighted by Crippen LogP contribution is -2.30. The molecule has 0 aromatic heterocycles. The summed E-state index contributed by atoms with van der Waals surface area (Å²) in [6.07, 6.45) is 1.55. The van der Waals surface area contributed by atoms with Crippen molar-refractivity contribution in [1.82, 2.24) is 5.32 Å². The third kappa shape index (κ3) is 9.10. The van der Waals surface area contributed by atoms with Crippen molar-refractivity contribution in [3.05, 3.63) is 117 Å². The van der Waals surface area contributed by atoms with Crippen LogP contribution in [0.5, 0.6) is 11.5 Å². The Morgan fingerprint density at radius 1 is 0.814 bits per heavy atom. The van der Waals surface area contributed by atoms with Gasteiger partial charge in [-0.2, -0.15) is 0 Å². The molecule has 0 aliphatic carbocycles. The lowest BCUT2D eigenvalue weighted by molar-refractivity contribution is -0.115. The van der Waals surface area contributed by atoms with E-state index in [9.17, 15) is 14.4 Å². The number of hydrogen-bond donors (Lipinski definition) is 3. The lowest BCUT2D eigenvalue weighted by Gasteiger charge is -2.14. The molecular formula is C33H30IN3O5S. The van der Waals surface area contributed by atoms with Crippen LogP contribution in [0.2, 0.25) is 0 Å². The number of benzene rings is 4. The molecule has 220 valence electrons. The van der Waals surface area contributed by atoms with Gasteiger partial charge in [-0.15, -0.1) is 11.8 Å². The standard InChI is InChI=1S/C33H30IN3O5S/c1-21(31(38)35-25-12-10-24(34)11-13-25)43-28-17-14-26(15-18-28)36-33(40)29(37-32(39)22-7-5-4-6-8-22)19-23-9-16-27(41-2)20-30(23)42-3/h4-21H,1-3H3,(H,35,38)(H,36,40)(H,37,39)/b29-19-. The van der Waals surface area contributed by atoms with Crippen molar-refractivity contribution >= 4 is 69.5 Å². The van der Waals surface area contributed by atoms with Gasteiger partial charge in [-0.05, 0) is 108 Å². The van der Waals surface area contributed by atoms with E-state index in [2.05, 4.69) is 38.5 Å². The molecule has 0 heterocycles. The van der Waals surface area contributed by atoms with E-state index in [4.69, 9.17) is 9.47 Å². The number of nitrogens with one attached hydrogen (secondary N) is 3. The fraction of sp³-hybridized carbons (Fsp3) is 0.121. The Kier molecular flexibility index (Phi) is 11.2. The maximum Gasteiger partial charge on any atom is 0.272 e. The van der Waals surface area contributed by atoms with Crippen molar-refractivity contribution in [1.29, 1.82) is 0 Å². The molecule has 0 saturated carbocycles. The van der Waals surface area contributed by atoms with Gasteiger partial charge in [-0.3, -0.25) is 14.4 Å². The fourth-order valence-electron chi connectivity index (χ4n) is 3.89. The Bertz CT molecular complexity index is 1610. The predicted octanol–water partition coefficient (Wildman–Crippen LogP) is 6.84. The Morgan fingerprint density at radius 2 is 1.47 bits per heavy atom. The molecule has 0 aliphatic rings. The molecule has 4 aromatic carbocycles. The van der Waals surface area contributed by atoms with Crippen LogP contribution in [-0.4, -0.2) is 37.2 Å². The zero-order chi connectivity index (χ0) is 30.8. The highest BCUT2D eigenvalue weighted by Crippen LogP contribution is 2.28. The third-order valence-electron chi connectivity index (χ3n) is 6.18. The summed E-state index contributed by atoms with van der Waals surface area (Å²) >= 11 is 3.62. The molecule has 1 atom stereocenters. The van der Waals surface area contributed by atoms with E-state index in [1.807, 2.05) is 43.3 Å². The van der Waals surface area contributed by atoms with Gasteiger partial charge >= 0.3 is 0 Å². The summed E-state index contributed by atoms with van der Waals surface area (Å²) in [5.41, 5.74) is 2.27. The number of methoxy groups -OCH3 is 2. The molecule has 0 spiro atoms. The maximum absolute atomic E-state index is 13.4. The molecule has 3 amide bonds. The first-order chi connectivity index (χ1) is 20.7. The second-order valence-electron chi connectivity index (χ2n) is 9.22. The van der Waals surface area contributed by atoms with Gasteiger partial charge in [-0.25, -0.2) is 0 Å². The van der Waals surface area contributed by atoms with E-state index in [0.29, 0.717) is 28.3 Å². The van der Waals surface area contributed by atoms with Crippen molar-refractivity contribution in [2.45, 2.75) is 17.1 Å². The quantitative estimate of drug-likeness (QED) is 0.0897. The normalized spacial score (nSPS) is 11.7. The van der Waals surface area contributed by atoms with Crippen molar-refractivity contribution in [3.63, 3.8) is 0 Å². The average Bonchev–Trinajstić information content (AvgIpc) is 3.03. The molecule has 0 fully saturated rings. The molecule has 3 N–H and O–H groups in total. The second-order valence-corrected chi connectivity index (χ2v) is 11.9. The summed E-state index contributed by atoms with van der Waals surface area (Å²) < 4.78 is 11.8. The predicted molar refractivity (Wildman–Crippen MR) is 180 cm³/mol. The Balaban J connectivity index is 1.48. The van der Waals surface area contributed by atoms with Gasteiger partial charge in [0.25, 0.3) is 11.8 Å². The molecule has 4 aromatic rings. The number of carbonyl (C=O) groups excluding carboxylic acids is 3. The Labute approximate surface area is 268 Å². The molecule has 1 unspecified atom stereocenters. The van der Waals surface area contributed by atoms with E-state index < -0.39 is 11.8 Å². The van der Waals surface area contributed by atoms with Crippen LogP contribution in [0.25, 0.3) is 6.08 Å². The van der Waals surface area contributed by atoms with Crippen molar-refractivity contribution < 1.29 is 23.9 Å². The monoisotopic (exact) mass is 707 g/mol. The summed E-state index contributed by atoms with van der Waals surface area (Å²) in [6.45, 7) is 1.84. The first kappa shape index (κ1) is 31.6. The molecule has 4 rings (SSSR count). The summed E-state index contributed by atoms with van der Waals surface area (Å²) in [5, 5.41) is 8.15. The topological polar surface area (TPSA) is 106 Å². The first-order valence-electron chi connectivity index (χ1n) is 13.2. The Hall–Kier alpha value is -4.29. The highest BCUT2D eigenvalue weighted by atomic mass is 127. The van der Waals surface area contributed by atoms with Crippen LogP contribution in [0.1, 0.15) is 22.8 Å². The van der Waals surface area contributed by atoms with Gasteiger partial charge in [0.15, 0.2) is 0 Å². The molecule has 0 radical (unpaired) electrons. The minimum Gasteiger partial charge on any atom is -0.497 e. The summed E-state index contributed by atoms with van der Waals surface area (Å²) in [7, 11) is 3.06. The SMILES string of the molecule is COc1ccc(/C=C(\NC(=O)c2ccccc2)C(=O)Nc2ccc(SC(C)C(=O)Nc3ccc(I)cc3)cc2)c(OC)c1. The second kappa shape index (κ2) is 15.3. The summed E-state index contributed by atoms with van der Waals surface area (Å²) in [6, 6.07) is 28.5. The molecule has 43 heavy (non-hydrogen) atoms. The minimum absolute atomic E-state index is 0.0247. The number of carbonyl (C=O) groups is 3.